The van der Waals surface area contributed by atoms with Crippen molar-refractivity contribution < 1.29 is 9.47 Å². The molecule has 1 heterocycles. The van der Waals surface area contributed by atoms with Crippen LogP contribution in [0.4, 0.5) is 5.69 Å². The van der Waals surface area contributed by atoms with E-state index in [2.05, 4.69) is 11.4 Å². The van der Waals surface area contributed by atoms with Crippen LogP contribution in [0, 0.1) is 11.3 Å². The number of ether oxygens (including phenoxy) is 2. The summed E-state index contributed by atoms with van der Waals surface area (Å²) in [4.78, 5) is 0. The van der Waals surface area contributed by atoms with E-state index in [1.165, 1.54) is 0 Å². The second-order valence-electron chi connectivity index (χ2n) is 4.16. The normalized spacial score (nSPS) is 11.9. The summed E-state index contributed by atoms with van der Waals surface area (Å²) < 4.78 is 10.8. The van der Waals surface area contributed by atoms with Crippen LogP contribution in [0.25, 0.3) is 0 Å². The third-order valence-electron chi connectivity index (χ3n) is 2.99. The van der Waals surface area contributed by atoms with Gasteiger partial charge in [0.05, 0.1) is 11.3 Å². The lowest BCUT2D eigenvalue weighted by molar-refractivity contribution is 0.173. The van der Waals surface area contributed by atoms with E-state index in [-0.39, 0.29) is 6.79 Å². The van der Waals surface area contributed by atoms with Gasteiger partial charge in [-0.05, 0) is 18.2 Å². The number of rotatable bonds is 3. The van der Waals surface area contributed by atoms with Crippen molar-refractivity contribution in [2.45, 2.75) is 6.54 Å². The third kappa shape index (κ3) is 2.18. The summed E-state index contributed by atoms with van der Waals surface area (Å²) in [6, 6.07) is 15.4. The van der Waals surface area contributed by atoms with Crippen LogP contribution in [0.5, 0.6) is 11.5 Å². The number of benzene rings is 2. The molecule has 0 amide bonds. The zero-order chi connectivity index (χ0) is 13.1. The molecule has 19 heavy (non-hydrogen) atoms. The van der Waals surface area contributed by atoms with Crippen molar-refractivity contribution in [3.05, 3.63) is 53.6 Å². The molecule has 94 valence electrons. The van der Waals surface area contributed by atoms with E-state index in [0.717, 1.165) is 22.7 Å². The number of nitrogens with one attached hydrogen (secondary N) is 1. The van der Waals surface area contributed by atoms with Gasteiger partial charge in [0.15, 0.2) is 11.5 Å². The maximum Gasteiger partial charge on any atom is 0.231 e. The van der Waals surface area contributed by atoms with Crippen LogP contribution in [0.2, 0.25) is 0 Å². The molecule has 2 aromatic carbocycles. The Bertz CT molecular complexity index is 647. The molecule has 1 aliphatic heterocycles. The molecule has 0 saturated carbocycles. The molecule has 1 aliphatic rings. The first-order valence-electron chi connectivity index (χ1n) is 5.99. The molecule has 0 aliphatic carbocycles. The lowest BCUT2D eigenvalue weighted by Gasteiger charge is -2.09. The first-order valence-corrected chi connectivity index (χ1v) is 5.99. The van der Waals surface area contributed by atoms with E-state index >= 15 is 0 Å². The van der Waals surface area contributed by atoms with Crippen molar-refractivity contribution in [2.24, 2.45) is 0 Å². The highest BCUT2D eigenvalue weighted by molar-refractivity contribution is 5.58. The number of para-hydroxylation sites is 2. The number of hydrogen-bond donors (Lipinski definition) is 1. The number of nitrogens with zero attached hydrogens (tertiary/aromatic N) is 1. The van der Waals surface area contributed by atoms with Crippen molar-refractivity contribution in [2.75, 3.05) is 12.1 Å². The molecular formula is C15H12N2O2. The zero-order valence-electron chi connectivity index (χ0n) is 10.2. The standard InChI is InChI=1S/C15H12N2O2/c16-8-11-4-1-2-6-13(11)17-9-12-5-3-7-14-15(12)19-10-18-14/h1-7,17H,9-10H2. The second-order valence-corrected chi connectivity index (χ2v) is 4.16. The number of anilines is 1. The fourth-order valence-corrected chi connectivity index (χ4v) is 2.06. The van der Waals surface area contributed by atoms with Crippen LogP contribution in [-0.2, 0) is 6.54 Å². The summed E-state index contributed by atoms with van der Waals surface area (Å²) in [7, 11) is 0. The van der Waals surface area contributed by atoms with Crippen LogP contribution in [0.1, 0.15) is 11.1 Å². The Balaban J connectivity index is 1.80. The summed E-state index contributed by atoms with van der Waals surface area (Å²) in [6.45, 7) is 0.854. The van der Waals surface area contributed by atoms with Gasteiger partial charge in [-0.25, -0.2) is 0 Å². The lowest BCUT2D eigenvalue weighted by atomic mass is 10.1. The first kappa shape index (κ1) is 11.4. The van der Waals surface area contributed by atoms with Crippen LogP contribution >= 0.6 is 0 Å². The average molecular weight is 252 g/mol. The molecule has 0 spiro atoms. The Morgan fingerprint density at radius 3 is 2.89 bits per heavy atom. The van der Waals surface area contributed by atoms with Crippen LogP contribution in [-0.4, -0.2) is 6.79 Å². The predicted octanol–water partition coefficient (Wildman–Crippen LogP) is 2.90. The van der Waals surface area contributed by atoms with E-state index in [4.69, 9.17) is 14.7 Å². The summed E-state index contributed by atoms with van der Waals surface area (Å²) in [6.07, 6.45) is 0. The van der Waals surface area contributed by atoms with Gasteiger partial charge in [-0.1, -0.05) is 24.3 Å². The van der Waals surface area contributed by atoms with Crippen molar-refractivity contribution in [3.63, 3.8) is 0 Å². The third-order valence-corrected chi connectivity index (χ3v) is 2.99. The minimum atomic E-state index is 0.265. The molecule has 0 bridgehead atoms. The number of fused-ring (bicyclic) bond motifs is 1. The Hall–Kier alpha value is -2.67. The minimum Gasteiger partial charge on any atom is -0.454 e. The minimum absolute atomic E-state index is 0.265. The fraction of sp³-hybridized carbons (Fsp3) is 0.133. The molecule has 0 saturated heterocycles. The number of nitriles is 1. The molecule has 2 aromatic rings. The molecule has 4 heteroatoms. The molecule has 0 unspecified atom stereocenters. The molecular weight excluding hydrogens is 240 g/mol. The smallest absolute Gasteiger partial charge is 0.231 e. The van der Waals surface area contributed by atoms with E-state index in [0.29, 0.717) is 12.1 Å². The molecule has 0 aromatic heterocycles. The fourth-order valence-electron chi connectivity index (χ4n) is 2.06. The van der Waals surface area contributed by atoms with Gasteiger partial charge < -0.3 is 14.8 Å². The largest absolute Gasteiger partial charge is 0.454 e. The van der Waals surface area contributed by atoms with Crippen molar-refractivity contribution >= 4 is 5.69 Å². The molecule has 4 nitrogen and oxygen atoms in total. The zero-order valence-corrected chi connectivity index (χ0v) is 10.2. The highest BCUT2D eigenvalue weighted by Gasteiger charge is 2.16. The molecule has 0 fully saturated rings. The van der Waals surface area contributed by atoms with Gasteiger partial charge in [-0.3, -0.25) is 0 Å². The predicted molar refractivity (Wildman–Crippen MR) is 71.0 cm³/mol. The molecule has 1 N–H and O–H groups in total. The average Bonchev–Trinajstić information content (AvgIpc) is 2.94. The monoisotopic (exact) mass is 252 g/mol. The maximum absolute atomic E-state index is 9.04. The topological polar surface area (TPSA) is 54.3 Å². The first-order chi connectivity index (χ1) is 9.38. The van der Waals surface area contributed by atoms with Crippen molar-refractivity contribution in [1.82, 2.24) is 0 Å². The van der Waals surface area contributed by atoms with Gasteiger partial charge in [0.1, 0.15) is 6.07 Å². The number of hydrogen-bond acceptors (Lipinski definition) is 4. The van der Waals surface area contributed by atoms with E-state index < -0.39 is 0 Å². The Labute approximate surface area is 111 Å². The van der Waals surface area contributed by atoms with Gasteiger partial charge in [0.25, 0.3) is 0 Å². The second kappa shape index (κ2) is 4.91. The van der Waals surface area contributed by atoms with Crippen LogP contribution in [0.15, 0.2) is 42.5 Å². The summed E-state index contributed by atoms with van der Waals surface area (Å²) in [5.41, 5.74) is 2.47. The van der Waals surface area contributed by atoms with E-state index in [1.807, 2.05) is 36.4 Å². The van der Waals surface area contributed by atoms with Crippen LogP contribution in [0.3, 0.4) is 0 Å². The summed E-state index contributed by atoms with van der Waals surface area (Å²) in [5.74, 6) is 1.55. The van der Waals surface area contributed by atoms with Gasteiger partial charge in [0, 0.05) is 12.1 Å². The molecule has 3 rings (SSSR count). The Morgan fingerprint density at radius 1 is 1.11 bits per heavy atom. The highest BCUT2D eigenvalue weighted by Crippen LogP contribution is 2.35. The van der Waals surface area contributed by atoms with E-state index in [1.54, 1.807) is 6.07 Å². The molecule has 0 atom stereocenters. The SMILES string of the molecule is N#Cc1ccccc1NCc1cccc2c1OCO2. The van der Waals surface area contributed by atoms with E-state index in [9.17, 15) is 0 Å². The van der Waals surface area contributed by atoms with Crippen molar-refractivity contribution in [3.8, 4) is 17.6 Å². The summed E-state index contributed by atoms with van der Waals surface area (Å²) >= 11 is 0. The Kier molecular flexibility index (Phi) is 2.95. The van der Waals surface area contributed by atoms with Crippen LogP contribution < -0.4 is 14.8 Å². The van der Waals surface area contributed by atoms with Crippen molar-refractivity contribution in [1.29, 1.82) is 5.26 Å². The van der Waals surface area contributed by atoms with Gasteiger partial charge in [-0.15, -0.1) is 0 Å². The van der Waals surface area contributed by atoms with Gasteiger partial charge in [0.2, 0.25) is 6.79 Å². The lowest BCUT2D eigenvalue weighted by Crippen LogP contribution is -2.02. The molecule has 0 radical (unpaired) electrons. The van der Waals surface area contributed by atoms with Gasteiger partial charge >= 0.3 is 0 Å². The quantitative estimate of drug-likeness (QED) is 0.912. The van der Waals surface area contributed by atoms with Gasteiger partial charge in [-0.2, -0.15) is 5.26 Å². The maximum atomic E-state index is 9.04. The highest BCUT2D eigenvalue weighted by atomic mass is 16.7. The Morgan fingerprint density at radius 2 is 2.00 bits per heavy atom. The summed E-state index contributed by atoms with van der Waals surface area (Å²) in [5, 5.41) is 12.3.